The molecule has 0 aliphatic heterocycles. The van der Waals surface area contributed by atoms with E-state index < -0.39 is 0 Å². The summed E-state index contributed by atoms with van der Waals surface area (Å²) in [4.78, 5) is 0. The number of benzene rings is 2. The Morgan fingerprint density at radius 1 is 1.06 bits per heavy atom. The van der Waals surface area contributed by atoms with Crippen molar-refractivity contribution in [3.8, 4) is 5.75 Å². The number of nitrogens with one attached hydrogen (secondary N) is 1. The topological polar surface area (TPSA) is 32.3 Å². The number of halogens is 1. The van der Waals surface area contributed by atoms with Crippen LogP contribution in [0.1, 0.15) is 5.56 Å². The molecule has 0 radical (unpaired) electrons. The molecule has 0 atom stereocenters. The lowest BCUT2D eigenvalue weighted by Crippen LogP contribution is -1.93. The standard InChI is InChI=1S/C13H12ClNO/c1-9-3-2-4-12(16)13(9)15-11-7-5-10(14)6-8-11/h2-8,15-16H,1H3. The quantitative estimate of drug-likeness (QED) is 0.766. The van der Waals surface area contributed by atoms with Crippen molar-refractivity contribution in [1.82, 2.24) is 0 Å². The summed E-state index contributed by atoms with van der Waals surface area (Å²) in [5.41, 5.74) is 2.62. The minimum Gasteiger partial charge on any atom is -0.506 e. The molecule has 0 heterocycles. The summed E-state index contributed by atoms with van der Waals surface area (Å²) in [6.45, 7) is 1.94. The van der Waals surface area contributed by atoms with Gasteiger partial charge in [-0.15, -0.1) is 0 Å². The first kappa shape index (κ1) is 10.8. The van der Waals surface area contributed by atoms with E-state index in [2.05, 4.69) is 5.32 Å². The summed E-state index contributed by atoms with van der Waals surface area (Å²) in [7, 11) is 0. The zero-order chi connectivity index (χ0) is 11.5. The van der Waals surface area contributed by atoms with Crippen molar-refractivity contribution in [2.24, 2.45) is 0 Å². The van der Waals surface area contributed by atoms with Crippen LogP contribution >= 0.6 is 11.6 Å². The monoisotopic (exact) mass is 233 g/mol. The molecule has 2 nitrogen and oxygen atoms in total. The molecule has 0 unspecified atom stereocenters. The molecule has 16 heavy (non-hydrogen) atoms. The van der Waals surface area contributed by atoms with Gasteiger partial charge in [0.2, 0.25) is 0 Å². The van der Waals surface area contributed by atoms with Crippen LogP contribution in [0.3, 0.4) is 0 Å². The molecule has 2 N–H and O–H groups in total. The number of aryl methyl sites for hydroxylation is 1. The molecule has 2 aromatic rings. The molecule has 0 aliphatic carbocycles. The third kappa shape index (κ3) is 2.28. The van der Waals surface area contributed by atoms with Gasteiger partial charge in [-0.25, -0.2) is 0 Å². The van der Waals surface area contributed by atoms with Crippen LogP contribution in [0.15, 0.2) is 42.5 Å². The van der Waals surface area contributed by atoms with Gasteiger partial charge in [0.1, 0.15) is 5.75 Å². The second-order valence-corrected chi connectivity index (χ2v) is 4.04. The first-order chi connectivity index (χ1) is 7.66. The van der Waals surface area contributed by atoms with E-state index in [1.165, 1.54) is 0 Å². The third-order valence-corrected chi connectivity index (χ3v) is 2.62. The van der Waals surface area contributed by atoms with E-state index in [0.29, 0.717) is 5.02 Å². The summed E-state index contributed by atoms with van der Waals surface area (Å²) in [6.07, 6.45) is 0. The number of hydrogen-bond donors (Lipinski definition) is 2. The van der Waals surface area contributed by atoms with E-state index in [1.807, 2.05) is 31.2 Å². The highest BCUT2D eigenvalue weighted by Crippen LogP contribution is 2.30. The van der Waals surface area contributed by atoms with E-state index >= 15 is 0 Å². The summed E-state index contributed by atoms with van der Waals surface area (Å²) in [5.74, 6) is 0.245. The zero-order valence-corrected chi connectivity index (χ0v) is 9.62. The van der Waals surface area contributed by atoms with Crippen LogP contribution in [0.2, 0.25) is 5.02 Å². The lowest BCUT2D eigenvalue weighted by atomic mass is 10.1. The Kier molecular flexibility index (Phi) is 3.02. The van der Waals surface area contributed by atoms with Gasteiger partial charge in [0, 0.05) is 10.7 Å². The van der Waals surface area contributed by atoms with Crippen LogP contribution in [0, 0.1) is 6.92 Å². The van der Waals surface area contributed by atoms with Gasteiger partial charge in [-0.3, -0.25) is 0 Å². The lowest BCUT2D eigenvalue weighted by Gasteiger charge is -2.11. The number of phenols is 1. The van der Waals surface area contributed by atoms with Crippen molar-refractivity contribution in [1.29, 1.82) is 0 Å². The summed E-state index contributed by atoms with van der Waals surface area (Å²) >= 11 is 5.80. The number of hydrogen-bond acceptors (Lipinski definition) is 2. The SMILES string of the molecule is Cc1cccc(O)c1Nc1ccc(Cl)cc1. The fraction of sp³-hybridized carbons (Fsp3) is 0.0769. The predicted molar refractivity (Wildman–Crippen MR) is 67.6 cm³/mol. The van der Waals surface area contributed by atoms with Crippen molar-refractivity contribution in [3.63, 3.8) is 0 Å². The maximum absolute atomic E-state index is 9.72. The maximum Gasteiger partial charge on any atom is 0.139 e. The van der Waals surface area contributed by atoms with Crippen LogP contribution < -0.4 is 5.32 Å². The molecule has 0 aliphatic rings. The van der Waals surface area contributed by atoms with Crippen LogP contribution in [-0.4, -0.2) is 5.11 Å². The Bertz CT molecular complexity index is 474. The molecule has 0 saturated heterocycles. The van der Waals surface area contributed by atoms with E-state index in [1.54, 1.807) is 18.2 Å². The predicted octanol–water partition coefficient (Wildman–Crippen LogP) is 4.10. The van der Waals surface area contributed by atoms with Gasteiger partial charge in [-0.1, -0.05) is 23.7 Å². The number of phenolic OH excluding ortho intramolecular Hbond substituents is 1. The van der Waals surface area contributed by atoms with Crippen LogP contribution in [-0.2, 0) is 0 Å². The normalized spacial score (nSPS) is 10.1. The molecule has 82 valence electrons. The summed E-state index contributed by atoms with van der Waals surface area (Å²) in [5, 5.41) is 13.6. The minimum atomic E-state index is 0.245. The molecule has 0 spiro atoms. The van der Waals surface area contributed by atoms with Gasteiger partial charge in [0.05, 0.1) is 5.69 Å². The van der Waals surface area contributed by atoms with Crippen molar-refractivity contribution in [2.45, 2.75) is 6.92 Å². The average Bonchev–Trinajstić information content (AvgIpc) is 2.26. The molecular weight excluding hydrogens is 222 g/mol. The molecule has 2 aromatic carbocycles. The first-order valence-electron chi connectivity index (χ1n) is 4.98. The van der Waals surface area contributed by atoms with Crippen molar-refractivity contribution in [3.05, 3.63) is 53.1 Å². The lowest BCUT2D eigenvalue weighted by molar-refractivity contribution is 0.477. The Hall–Kier alpha value is -1.67. The minimum absolute atomic E-state index is 0.245. The van der Waals surface area contributed by atoms with E-state index in [-0.39, 0.29) is 5.75 Å². The Morgan fingerprint density at radius 2 is 1.75 bits per heavy atom. The van der Waals surface area contributed by atoms with Gasteiger partial charge in [0.15, 0.2) is 0 Å². The van der Waals surface area contributed by atoms with Gasteiger partial charge >= 0.3 is 0 Å². The van der Waals surface area contributed by atoms with Gasteiger partial charge < -0.3 is 10.4 Å². The van der Waals surface area contributed by atoms with E-state index in [0.717, 1.165) is 16.9 Å². The molecular formula is C13H12ClNO. The van der Waals surface area contributed by atoms with Gasteiger partial charge in [0.25, 0.3) is 0 Å². The number of para-hydroxylation sites is 1. The molecule has 3 heteroatoms. The van der Waals surface area contributed by atoms with E-state index in [9.17, 15) is 5.11 Å². The number of rotatable bonds is 2. The molecule has 0 saturated carbocycles. The smallest absolute Gasteiger partial charge is 0.139 e. The fourth-order valence-corrected chi connectivity index (χ4v) is 1.62. The Balaban J connectivity index is 2.30. The summed E-state index contributed by atoms with van der Waals surface area (Å²) < 4.78 is 0. The highest BCUT2D eigenvalue weighted by Gasteiger charge is 2.03. The van der Waals surface area contributed by atoms with Gasteiger partial charge in [-0.2, -0.15) is 0 Å². The Labute approximate surface area is 99.5 Å². The highest BCUT2D eigenvalue weighted by molar-refractivity contribution is 6.30. The number of anilines is 2. The van der Waals surface area contributed by atoms with Gasteiger partial charge in [-0.05, 0) is 42.8 Å². The third-order valence-electron chi connectivity index (χ3n) is 2.36. The Morgan fingerprint density at radius 3 is 2.38 bits per heavy atom. The first-order valence-corrected chi connectivity index (χ1v) is 5.36. The van der Waals surface area contributed by atoms with Crippen molar-refractivity contribution in [2.75, 3.05) is 5.32 Å². The largest absolute Gasteiger partial charge is 0.506 e. The van der Waals surface area contributed by atoms with Crippen molar-refractivity contribution < 1.29 is 5.11 Å². The van der Waals surface area contributed by atoms with Crippen LogP contribution in [0.5, 0.6) is 5.75 Å². The summed E-state index contributed by atoms with van der Waals surface area (Å²) in [6, 6.07) is 12.8. The molecule has 2 rings (SSSR count). The maximum atomic E-state index is 9.72. The zero-order valence-electron chi connectivity index (χ0n) is 8.87. The van der Waals surface area contributed by atoms with Crippen LogP contribution in [0.25, 0.3) is 0 Å². The molecule has 0 fully saturated rings. The molecule has 0 aromatic heterocycles. The average molecular weight is 234 g/mol. The van der Waals surface area contributed by atoms with Crippen molar-refractivity contribution >= 4 is 23.0 Å². The fourth-order valence-electron chi connectivity index (χ4n) is 1.49. The number of aromatic hydroxyl groups is 1. The second-order valence-electron chi connectivity index (χ2n) is 3.60. The molecule has 0 bridgehead atoms. The molecule has 0 amide bonds. The highest BCUT2D eigenvalue weighted by atomic mass is 35.5. The second kappa shape index (κ2) is 4.45. The van der Waals surface area contributed by atoms with E-state index in [4.69, 9.17) is 11.6 Å². The van der Waals surface area contributed by atoms with Crippen LogP contribution in [0.4, 0.5) is 11.4 Å².